The fourth-order valence-electron chi connectivity index (χ4n) is 3.83. The Balaban J connectivity index is 1.80. The highest BCUT2D eigenvalue weighted by Gasteiger charge is 2.16. The fraction of sp³-hybridized carbons (Fsp3) is 0.0714. The van der Waals surface area contributed by atoms with Gasteiger partial charge in [-0.15, -0.1) is 0 Å². The molecule has 1 heterocycles. The van der Waals surface area contributed by atoms with Gasteiger partial charge in [0.15, 0.2) is 5.82 Å². The van der Waals surface area contributed by atoms with Crippen molar-refractivity contribution >= 4 is 10.9 Å². The van der Waals surface area contributed by atoms with E-state index in [2.05, 4.69) is 80.6 Å². The smallest absolute Gasteiger partial charge is 0.161 e. The van der Waals surface area contributed by atoms with Crippen molar-refractivity contribution in [2.24, 2.45) is 0 Å². The average Bonchev–Trinajstić information content (AvgIpc) is 2.79. The van der Waals surface area contributed by atoms with Gasteiger partial charge in [-0.3, -0.25) is 0 Å². The maximum atomic E-state index is 4.94. The highest BCUT2D eigenvalue weighted by molar-refractivity contribution is 5.93. The lowest BCUT2D eigenvalue weighted by Gasteiger charge is -2.15. The molecule has 0 aliphatic heterocycles. The monoisotopic (exact) mass is 386 g/mol. The van der Waals surface area contributed by atoms with Crippen LogP contribution in [0.25, 0.3) is 44.5 Å². The van der Waals surface area contributed by atoms with E-state index in [9.17, 15) is 0 Å². The Kier molecular flexibility index (Phi) is 4.61. The maximum Gasteiger partial charge on any atom is 0.161 e. The Labute approximate surface area is 176 Å². The van der Waals surface area contributed by atoms with Crippen molar-refractivity contribution < 1.29 is 0 Å². The highest BCUT2D eigenvalue weighted by Crippen LogP contribution is 2.39. The summed E-state index contributed by atoms with van der Waals surface area (Å²) in [6, 6.07) is 31.9. The van der Waals surface area contributed by atoms with Gasteiger partial charge < -0.3 is 0 Å². The van der Waals surface area contributed by atoms with Gasteiger partial charge in [0.1, 0.15) is 0 Å². The lowest BCUT2D eigenvalue weighted by Crippen LogP contribution is -1.96. The Morgan fingerprint density at radius 1 is 0.567 bits per heavy atom. The molecule has 5 aromatic rings. The summed E-state index contributed by atoms with van der Waals surface area (Å²) in [5, 5.41) is 1.05. The third kappa shape index (κ3) is 3.37. The molecule has 4 aromatic carbocycles. The highest BCUT2D eigenvalue weighted by atomic mass is 14.9. The van der Waals surface area contributed by atoms with Crippen molar-refractivity contribution in [2.75, 3.05) is 0 Å². The molecule has 1 aromatic heterocycles. The first-order valence-electron chi connectivity index (χ1n) is 10.2. The zero-order valence-electron chi connectivity index (χ0n) is 17.1. The molecule has 0 saturated heterocycles. The molecule has 0 unspecified atom stereocenters. The predicted molar refractivity (Wildman–Crippen MR) is 125 cm³/mol. The number of rotatable bonds is 3. The van der Waals surface area contributed by atoms with Crippen molar-refractivity contribution in [3.8, 4) is 33.6 Å². The summed E-state index contributed by atoms with van der Waals surface area (Å²) in [6.45, 7) is 4.22. The molecule has 0 atom stereocenters. The number of benzene rings is 4. The van der Waals surface area contributed by atoms with Crippen molar-refractivity contribution in [3.05, 3.63) is 108 Å². The van der Waals surface area contributed by atoms with Crippen LogP contribution in [-0.2, 0) is 0 Å². The van der Waals surface area contributed by atoms with E-state index in [1.807, 2.05) is 30.5 Å². The van der Waals surface area contributed by atoms with Gasteiger partial charge >= 0.3 is 0 Å². The van der Waals surface area contributed by atoms with Gasteiger partial charge in [0.05, 0.1) is 5.52 Å². The van der Waals surface area contributed by atoms with E-state index in [-0.39, 0.29) is 0 Å². The molecule has 0 aliphatic rings. The molecular weight excluding hydrogens is 364 g/mol. The fourth-order valence-corrected chi connectivity index (χ4v) is 3.83. The van der Waals surface area contributed by atoms with Gasteiger partial charge in [0.2, 0.25) is 0 Å². The number of nitrogens with zero attached hydrogens (tertiary/aromatic N) is 2. The Morgan fingerprint density at radius 2 is 1.13 bits per heavy atom. The minimum atomic E-state index is 0.750. The van der Waals surface area contributed by atoms with E-state index in [0.29, 0.717) is 0 Å². The molecule has 0 saturated carbocycles. The quantitative estimate of drug-likeness (QED) is 0.326. The van der Waals surface area contributed by atoms with E-state index in [4.69, 9.17) is 9.97 Å². The lowest BCUT2D eigenvalue weighted by atomic mass is 9.90. The first-order chi connectivity index (χ1) is 14.7. The second-order valence-corrected chi connectivity index (χ2v) is 7.71. The van der Waals surface area contributed by atoms with Crippen LogP contribution in [0.4, 0.5) is 0 Å². The van der Waals surface area contributed by atoms with Crippen LogP contribution in [0.3, 0.4) is 0 Å². The van der Waals surface area contributed by atoms with Crippen LogP contribution in [0.1, 0.15) is 11.1 Å². The van der Waals surface area contributed by atoms with E-state index in [1.54, 1.807) is 0 Å². The molecule has 5 rings (SSSR count). The van der Waals surface area contributed by atoms with Gasteiger partial charge in [-0.05, 0) is 42.2 Å². The molecule has 2 heteroatoms. The molecule has 144 valence electrons. The summed E-state index contributed by atoms with van der Waals surface area (Å²) in [5.74, 6) is 0.750. The third-order valence-electron chi connectivity index (χ3n) is 5.50. The second kappa shape index (κ2) is 7.57. The third-order valence-corrected chi connectivity index (χ3v) is 5.50. The summed E-state index contributed by atoms with van der Waals surface area (Å²) >= 11 is 0. The van der Waals surface area contributed by atoms with Gasteiger partial charge in [-0.25, -0.2) is 9.97 Å². The standard InChI is InChI=1S/C28H22N2/c1-19-10-14-21(15-11-19)24-7-5-8-25(22-16-12-20(2)13-17-22)27(24)28-29-18-23-6-3-4-9-26(23)30-28/h3-18H,1-2H3. The summed E-state index contributed by atoms with van der Waals surface area (Å²) in [5.41, 5.74) is 9.13. The first kappa shape index (κ1) is 18.3. The van der Waals surface area contributed by atoms with Crippen molar-refractivity contribution in [1.29, 1.82) is 0 Å². The van der Waals surface area contributed by atoms with Crippen LogP contribution in [0.15, 0.2) is 97.2 Å². The molecule has 0 fully saturated rings. The van der Waals surface area contributed by atoms with E-state index < -0.39 is 0 Å². The largest absolute Gasteiger partial charge is 0.236 e. The molecule has 2 nitrogen and oxygen atoms in total. The SMILES string of the molecule is Cc1ccc(-c2cccc(-c3ccc(C)cc3)c2-c2ncc3ccccc3n2)cc1. The predicted octanol–water partition coefficient (Wildman–Crippen LogP) is 7.25. The Hall–Kier alpha value is -3.78. The topological polar surface area (TPSA) is 25.8 Å². The number of para-hydroxylation sites is 1. The molecule has 0 spiro atoms. The van der Waals surface area contributed by atoms with Crippen LogP contribution in [0, 0.1) is 13.8 Å². The van der Waals surface area contributed by atoms with Crippen molar-refractivity contribution in [3.63, 3.8) is 0 Å². The molecule has 0 amide bonds. The van der Waals surface area contributed by atoms with E-state index >= 15 is 0 Å². The first-order valence-corrected chi connectivity index (χ1v) is 10.2. The number of fused-ring (bicyclic) bond motifs is 1. The average molecular weight is 386 g/mol. The minimum Gasteiger partial charge on any atom is -0.236 e. The van der Waals surface area contributed by atoms with Gasteiger partial charge in [-0.2, -0.15) is 0 Å². The van der Waals surface area contributed by atoms with Crippen LogP contribution in [-0.4, -0.2) is 9.97 Å². The molecule has 0 bridgehead atoms. The van der Waals surface area contributed by atoms with E-state index in [0.717, 1.165) is 33.4 Å². The zero-order chi connectivity index (χ0) is 20.5. The lowest BCUT2D eigenvalue weighted by molar-refractivity contribution is 1.23. The Bertz CT molecular complexity index is 1270. The normalized spacial score (nSPS) is 11.0. The molecular formula is C28H22N2. The molecule has 0 radical (unpaired) electrons. The minimum absolute atomic E-state index is 0.750. The molecule has 0 N–H and O–H groups in total. The second-order valence-electron chi connectivity index (χ2n) is 7.71. The van der Waals surface area contributed by atoms with Crippen LogP contribution in [0.5, 0.6) is 0 Å². The van der Waals surface area contributed by atoms with Crippen LogP contribution < -0.4 is 0 Å². The summed E-state index contributed by atoms with van der Waals surface area (Å²) in [4.78, 5) is 9.72. The van der Waals surface area contributed by atoms with Crippen molar-refractivity contribution in [2.45, 2.75) is 13.8 Å². The maximum absolute atomic E-state index is 4.94. The summed E-state index contributed by atoms with van der Waals surface area (Å²) in [6.07, 6.45) is 1.92. The van der Waals surface area contributed by atoms with Gasteiger partial charge in [0, 0.05) is 17.1 Å². The van der Waals surface area contributed by atoms with Crippen LogP contribution >= 0.6 is 0 Å². The zero-order valence-corrected chi connectivity index (χ0v) is 17.1. The van der Waals surface area contributed by atoms with E-state index in [1.165, 1.54) is 22.3 Å². The Morgan fingerprint density at radius 3 is 1.73 bits per heavy atom. The van der Waals surface area contributed by atoms with Gasteiger partial charge in [-0.1, -0.05) is 96.1 Å². The summed E-state index contributed by atoms with van der Waals surface area (Å²) in [7, 11) is 0. The van der Waals surface area contributed by atoms with Gasteiger partial charge in [0.25, 0.3) is 0 Å². The molecule has 30 heavy (non-hydrogen) atoms. The number of hydrogen-bond donors (Lipinski definition) is 0. The number of hydrogen-bond acceptors (Lipinski definition) is 2. The number of aryl methyl sites for hydroxylation is 2. The molecule has 0 aliphatic carbocycles. The van der Waals surface area contributed by atoms with Crippen LogP contribution in [0.2, 0.25) is 0 Å². The van der Waals surface area contributed by atoms with Crippen molar-refractivity contribution in [1.82, 2.24) is 9.97 Å². The summed E-state index contributed by atoms with van der Waals surface area (Å²) < 4.78 is 0. The number of aromatic nitrogens is 2.